The van der Waals surface area contributed by atoms with E-state index < -0.39 is 21.7 Å². The number of sulfonamides is 1. The number of rotatable bonds is 11. The van der Waals surface area contributed by atoms with Crippen molar-refractivity contribution in [3.63, 3.8) is 0 Å². The maximum absolute atomic E-state index is 14.8. The van der Waals surface area contributed by atoms with E-state index in [4.69, 9.17) is 32.7 Å². The molecule has 2 aromatic carbocycles. The minimum absolute atomic E-state index is 0.0746. The molecule has 1 amide bonds. The van der Waals surface area contributed by atoms with Gasteiger partial charge >= 0.3 is 0 Å². The number of ether oxygens (including phenoxy) is 2. The first-order valence-corrected chi connectivity index (χ1v) is 15.3. The van der Waals surface area contributed by atoms with Gasteiger partial charge in [-0.05, 0) is 80.7 Å². The predicted molar refractivity (Wildman–Crippen MR) is 146 cm³/mol. The van der Waals surface area contributed by atoms with Crippen molar-refractivity contribution in [2.24, 2.45) is 5.92 Å². The summed E-state index contributed by atoms with van der Waals surface area (Å²) in [5, 5.41) is 1.18. The molecule has 11 heteroatoms. The lowest BCUT2D eigenvalue weighted by Gasteiger charge is -2.35. The van der Waals surface area contributed by atoms with Crippen molar-refractivity contribution in [2.45, 2.75) is 58.3 Å². The third-order valence-electron chi connectivity index (χ3n) is 7.12. The number of carbonyl (C=O) groups excluding carboxylic acids is 1. The van der Waals surface area contributed by atoms with Crippen LogP contribution in [0.4, 0.5) is 4.39 Å². The number of nitrogens with one attached hydrogen (secondary N) is 1. The topological polar surface area (TPSA) is 84.9 Å². The molecule has 2 fully saturated rings. The van der Waals surface area contributed by atoms with E-state index in [9.17, 15) is 17.6 Å². The number of nitrogens with zero attached hydrogens (tertiary/aromatic N) is 1. The Balaban J connectivity index is 1.30. The molecule has 38 heavy (non-hydrogen) atoms. The van der Waals surface area contributed by atoms with Crippen LogP contribution in [0.5, 0.6) is 5.75 Å². The minimum Gasteiger partial charge on any atom is -0.493 e. The fraction of sp³-hybridized carbons (Fsp3) is 0.519. The summed E-state index contributed by atoms with van der Waals surface area (Å²) in [6.45, 7) is 5.96. The Morgan fingerprint density at radius 2 is 1.87 bits per heavy atom. The summed E-state index contributed by atoms with van der Waals surface area (Å²) in [5.74, 6) is -1.10. The molecule has 1 aliphatic heterocycles. The van der Waals surface area contributed by atoms with Gasteiger partial charge in [-0.25, -0.2) is 17.5 Å². The van der Waals surface area contributed by atoms with Crippen molar-refractivity contribution in [1.29, 1.82) is 0 Å². The Hall–Kier alpha value is -1.91. The van der Waals surface area contributed by atoms with E-state index in [1.807, 2.05) is 17.7 Å². The fourth-order valence-electron chi connectivity index (χ4n) is 4.50. The lowest BCUT2D eigenvalue weighted by atomic mass is 9.97. The van der Waals surface area contributed by atoms with Gasteiger partial charge in [0.25, 0.3) is 5.91 Å². The molecule has 1 heterocycles. The molecule has 2 aromatic rings. The van der Waals surface area contributed by atoms with Gasteiger partial charge in [0, 0.05) is 29.2 Å². The normalized spacial score (nSPS) is 17.8. The smallest absolute Gasteiger partial charge is 0.267 e. The van der Waals surface area contributed by atoms with E-state index in [0.717, 1.165) is 49.9 Å². The number of piperidine rings is 1. The average molecular weight is 588 g/mol. The summed E-state index contributed by atoms with van der Waals surface area (Å²) in [4.78, 5) is 14.7. The second-order valence-electron chi connectivity index (χ2n) is 9.92. The molecule has 2 aliphatic rings. The maximum Gasteiger partial charge on any atom is 0.267 e. The fourth-order valence-corrected chi connectivity index (χ4v) is 5.50. The van der Waals surface area contributed by atoms with Crippen LogP contribution in [0.1, 0.15) is 66.9 Å². The quantitative estimate of drug-likeness (QED) is 0.361. The van der Waals surface area contributed by atoms with Gasteiger partial charge in [0.15, 0.2) is 0 Å². The molecule has 0 spiro atoms. The van der Waals surface area contributed by atoms with Gasteiger partial charge in [0.1, 0.15) is 17.8 Å². The lowest BCUT2D eigenvalue weighted by molar-refractivity contribution is -0.0705. The van der Waals surface area contributed by atoms with Crippen LogP contribution in [0.2, 0.25) is 10.0 Å². The molecule has 1 saturated heterocycles. The van der Waals surface area contributed by atoms with Crippen LogP contribution in [0.3, 0.4) is 0 Å². The van der Waals surface area contributed by atoms with E-state index in [0.29, 0.717) is 34.9 Å². The number of halogens is 3. The maximum atomic E-state index is 14.8. The highest BCUT2D eigenvalue weighted by atomic mass is 35.5. The molecule has 1 saturated carbocycles. The zero-order chi connectivity index (χ0) is 27.4. The minimum atomic E-state index is -3.79. The van der Waals surface area contributed by atoms with Gasteiger partial charge in [-0.3, -0.25) is 9.69 Å². The van der Waals surface area contributed by atoms with Crippen molar-refractivity contribution >= 4 is 39.1 Å². The Morgan fingerprint density at radius 1 is 1.16 bits per heavy atom. The van der Waals surface area contributed by atoms with Crippen LogP contribution < -0.4 is 9.46 Å². The summed E-state index contributed by atoms with van der Waals surface area (Å²) < 4.78 is 52.4. The number of benzene rings is 2. The van der Waals surface area contributed by atoms with Gasteiger partial charge < -0.3 is 9.47 Å². The number of hydrogen-bond donors (Lipinski definition) is 1. The van der Waals surface area contributed by atoms with Crippen molar-refractivity contribution in [3.8, 4) is 5.75 Å². The van der Waals surface area contributed by atoms with Gasteiger partial charge in [-0.2, -0.15) is 0 Å². The van der Waals surface area contributed by atoms with Crippen LogP contribution in [0.15, 0.2) is 30.3 Å². The number of hydrogen-bond acceptors (Lipinski definition) is 6. The van der Waals surface area contributed by atoms with Gasteiger partial charge in [-0.1, -0.05) is 29.3 Å². The van der Waals surface area contributed by atoms with Crippen molar-refractivity contribution in [1.82, 2.24) is 9.62 Å². The lowest BCUT2D eigenvalue weighted by Crippen LogP contribution is -2.42. The van der Waals surface area contributed by atoms with Gasteiger partial charge in [-0.15, -0.1) is 0 Å². The molecule has 1 N–H and O–H groups in total. The van der Waals surface area contributed by atoms with Crippen molar-refractivity contribution in [2.75, 3.05) is 25.4 Å². The second-order valence-corrected chi connectivity index (χ2v) is 12.8. The second kappa shape index (κ2) is 12.5. The SMILES string of the molecule is CCS(=O)(=O)NC(=O)c1cc(C2CC2)c(OCC2CCN([C@H](C)OCc3ccc(Cl)cc3Cl)CC2)cc1F. The van der Waals surface area contributed by atoms with Crippen molar-refractivity contribution < 1.29 is 27.1 Å². The van der Waals surface area contributed by atoms with Crippen LogP contribution in [0.25, 0.3) is 0 Å². The molecule has 1 atom stereocenters. The summed E-state index contributed by atoms with van der Waals surface area (Å²) in [7, 11) is -3.79. The molecular weight excluding hydrogens is 554 g/mol. The highest BCUT2D eigenvalue weighted by Gasteiger charge is 2.31. The van der Waals surface area contributed by atoms with E-state index >= 15 is 0 Å². The Kier molecular flexibility index (Phi) is 9.58. The number of likely N-dealkylation sites (tertiary alicyclic amines) is 1. The summed E-state index contributed by atoms with van der Waals surface area (Å²) in [5.41, 5.74) is 1.37. The van der Waals surface area contributed by atoms with Gasteiger partial charge in [0.2, 0.25) is 10.0 Å². The molecule has 0 bridgehead atoms. The number of carbonyl (C=O) groups is 1. The largest absolute Gasteiger partial charge is 0.493 e. The molecular formula is C27H33Cl2FN2O5S. The van der Waals surface area contributed by atoms with E-state index in [1.54, 1.807) is 12.1 Å². The molecule has 208 valence electrons. The standard InChI is InChI=1S/C27H33Cl2FN2O5S/c1-3-38(34,35)31-27(33)23-13-22(19-4-5-19)26(14-25(23)30)37-15-18-8-10-32(11-9-18)17(2)36-16-20-6-7-21(28)12-24(20)29/h6-7,12-14,17-19H,3-5,8-11,15-16H2,1-2H3,(H,31,33)/t17-/m0/s1. The monoisotopic (exact) mass is 586 g/mol. The van der Waals surface area contributed by atoms with Crippen molar-refractivity contribution in [3.05, 3.63) is 62.9 Å². The highest BCUT2D eigenvalue weighted by Crippen LogP contribution is 2.45. The van der Waals surface area contributed by atoms with Crippen LogP contribution in [-0.2, 0) is 21.4 Å². The van der Waals surface area contributed by atoms with E-state index in [-0.39, 0.29) is 23.5 Å². The summed E-state index contributed by atoms with van der Waals surface area (Å²) >= 11 is 12.2. The molecule has 7 nitrogen and oxygen atoms in total. The van der Waals surface area contributed by atoms with Crippen LogP contribution >= 0.6 is 23.2 Å². The molecule has 4 rings (SSSR count). The first-order valence-electron chi connectivity index (χ1n) is 12.9. The van der Waals surface area contributed by atoms with E-state index in [1.165, 1.54) is 19.1 Å². The molecule has 1 aliphatic carbocycles. The van der Waals surface area contributed by atoms with Crippen LogP contribution in [-0.4, -0.2) is 50.9 Å². The van der Waals surface area contributed by atoms with E-state index in [2.05, 4.69) is 4.90 Å². The van der Waals surface area contributed by atoms with Crippen LogP contribution in [0, 0.1) is 11.7 Å². The summed E-state index contributed by atoms with van der Waals surface area (Å²) in [6, 6.07) is 8.02. The first-order chi connectivity index (χ1) is 18.1. The zero-order valence-corrected chi connectivity index (χ0v) is 23.8. The number of amides is 1. The third kappa shape index (κ3) is 7.60. The summed E-state index contributed by atoms with van der Waals surface area (Å²) in [6.07, 6.45) is 3.59. The Bertz CT molecular complexity index is 1260. The molecule has 0 unspecified atom stereocenters. The molecule has 0 aromatic heterocycles. The Labute approximate surface area is 233 Å². The molecule has 0 radical (unpaired) electrons. The Morgan fingerprint density at radius 3 is 2.50 bits per heavy atom. The first kappa shape index (κ1) is 29.1. The van der Waals surface area contributed by atoms with Gasteiger partial charge in [0.05, 0.1) is 24.5 Å². The highest BCUT2D eigenvalue weighted by molar-refractivity contribution is 7.90. The third-order valence-corrected chi connectivity index (χ3v) is 8.97. The predicted octanol–water partition coefficient (Wildman–Crippen LogP) is 5.74. The average Bonchev–Trinajstić information content (AvgIpc) is 3.72. The zero-order valence-electron chi connectivity index (χ0n) is 21.5.